The first-order valence-corrected chi connectivity index (χ1v) is 8.79. The van der Waals surface area contributed by atoms with Gasteiger partial charge in [0.15, 0.2) is 0 Å². The summed E-state index contributed by atoms with van der Waals surface area (Å²) in [6, 6.07) is 3.52. The number of carbonyl (C=O) groups is 1. The first kappa shape index (κ1) is 15.8. The summed E-state index contributed by atoms with van der Waals surface area (Å²) < 4.78 is 27.3. The van der Waals surface area contributed by atoms with Crippen LogP contribution in [0.2, 0.25) is 0 Å². The quantitative estimate of drug-likeness (QED) is 0.898. The van der Waals surface area contributed by atoms with Crippen molar-refractivity contribution in [2.45, 2.75) is 19.3 Å². The van der Waals surface area contributed by atoms with Crippen LogP contribution in [0.15, 0.2) is 18.2 Å². The lowest BCUT2D eigenvalue weighted by atomic mass is 9.91. The van der Waals surface area contributed by atoms with Crippen LogP contribution in [0.3, 0.4) is 0 Å². The molecule has 0 unspecified atom stereocenters. The van der Waals surface area contributed by atoms with Crippen molar-refractivity contribution in [3.63, 3.8) is 0 Å². The number of benzene rings is 1. The van der Waals surface area contributed by atoms with E-state index >= 15 is 0 Å². The Balaban J connectivity index is 1.36. The third-order valence-electron chi connectivity index (χ3n) is 5.93. The Morgan fingerprint density at radius 2 is 1.83 bits per heavy atom. The Morgan fingerprint density at radius 1 is 1.12 bits per heavy atom. The van der Waals surface area contributed by atoms with Crippen LogP contribution in [0.25, 0.3) is 0 Å². The van der Waals surface area contributed by atoms with Gasteiger partial charge >= 0.3 is 0 Å². The van der Waals surface area contributed by atoms with Crippen LogP contribution in [-0.2, 0) is 4.79 Å². The number of hydrogen-bond donors (Lipinski definition) is 1. The molecule has 24 heavy (non-hydrogen) atoms. The minimum atomic E-state index is -0.435. The van der Waals surface area contributed by atoms with Gasteiger partial charge in [-0.1, -0.05) is 0 Å². The molecule has 1 aromatic rings. The van der Waals surface area contributed by atoms with Crippen molar-refractivity contribution < 1.29 is 13.6 Å². The standard InChI is InChI=1S/C18H23F2N3O/c19-13-1-2-15(20)16(11-13)22-7-9-23(10-8-22)17(24)14-12-18(14)3-5-21-6-4-18/h1-2,11,14,21H,3-10,12H2/t14-/m0/s1. The van der Waals surface area contributed by atoms with E-state index in [4.69, 9.17) is 0 Å². The fourth-order valence-electron chi connectivity index (χ4n) is 4.29. The van der Waals surface area contributed by atoms with Gasteiger partial charge in [0.25, 0.3) is 0 Å². The first-order valence-electron chi connectivity index (χ1n) is 8.79. The summed E-state index contributed by atoms with van der Waals surface area (Å²) in [5.41, 5.74) is 0.539. The number of carbonyl (C=O) groups excluding carboxylic acids is 1. The van der Waals surface area contributed by atoms with Crippen LogP contribution < -0.4 is 10.2 Å². The maximum Gasteiger partial charge on any atom is 0.226 e. The van der Waals surface area contributed by atoms with Gasteiger partial charge in [-0.2, -0.15) is 0 Å². The van der Waals surface area contributed by atoms with Gasteiger partial charge < -0.3 is 15.1 Å². The van der Waals surface area contributed by atoms with E-state index < -0.39 is 11.6 Å². The van der Waals surface area contributed by atoms with Crippen LogP contribution in [0, 0.1) is 23.0 Å². The smallest absolute Gasteiger partial charge is 0.226 e. The van der Waals surface area contributed by atoms with Crippen molar-refractivity contribution in [2.24, 2.45) is 11.3 Å². The molecule has 1 aromatic carbocycles. The van der Waals surface area contributed by atoms with Gasteiger partial charge in [0.2, 0.25) is 5.91 Å². The van der Waals surface area contributed by atoms with E-state index in [0.717, 1.165) is 44.5 Å². The molecular weight excluding hydrogens is 312 g/mol. The van der Waals surface area contributed by atoms with E-state index in [1.807, 2.05) is 9.80 Å². The molecule has 0 radical (unpaired) electrons. The zero-order valence-electron chi connectivity index (χ0n) is 13.7. The second-order valence-electron chi connectivity index (χ2n) is 7.28. The molecule has 3 fully saturated rings. The molecule has 1 atom stereocenters. The summed E-state index contributed by atoms with van der Waals surface area (Å²) in [5, 5.41) is 3.36. The lowest BCUT2D eigenvalue weighted by Crippen LogP contribution is -2.50. The molecule has 1 N–H and O–H groups in total. The number of hydrogen-bond acceptors (Lipinski definition) is 3. The number of piperidine rings is 1. The molecule has 4 nitrogen and oxygen atoms in total. The topological polar surface area (TPSA) is 35.6 Å². The molecule has 130 valence electrons. The van der Waals surface area contributed by atoms with E-state index in [1.165, 1.54) is 6.07 Å². The largest absolute Gasteiger partial charge is 0.366 e. The fourth-order valence-corrected chi connectivity index (χ4v) is 4.29. The monoisotopic (exact) mass is 335 g/mol. The highest BCUT2D eigenvalue weighted by atomic mass is 19.1. The molecule has 2 heterocycles. The number of piperazine rings is 1. The van der Waals surface area contributed by atoms with Crippen molar-refractivity contribution in [2.75, 3.05) is 44.2 Å². The van der Waals surface area contributed by atoms with E-state index in [2.05, 4.69) is 5.32 Å². The van der Waals surface area contributed by atoms with Crippen LogP contribution in [0.4, 0.5) is 14.5 Å². The van der Waals surface area contributed by atoms with E-state index in [1.54, 1.807) is 0 Å². The Hall–Kier alpha value is -1.69. The highest BCUT2D eigenvalue weighted by Gasteiger charge is 2.58. The maximum absolute atomic E-state index is 13.9. The summed E-state index contributed by atoms with van der Waals surface area (Å²) in [7, 11) is 0. The van der Waals surface area contributed by atoms with Gasteiger partial charge in [-0.05, 0) is 49.9 Å². The normalized spacial score (nSPS) is 25.8. The Bertz CT molecular complexity index is 637. The molecule has 6 heteroatoms. The van der Waals surface area contributed by atoms with Crippen LogP contribution >= 0.6 is 0 Å². The second-order valence-corrected chi connectivity index (χ2v) is 7.28. The highest BCUT2D eigenvalue weighted by molar-refractivity contribution is 5.83. The first-order chi connectivity index (χ1) is 11.6. The fraction of sp³-hybridized carbons (Fsp3) is 0.611. The lowest BCUT2D eigenvalue weighted by Gasteiger charge is -2.37. The summed E-state index contributed by atoms with van der Waals surface area (Å²) in [6.07, 6.45) is 3.21. The third-order valence-corrected chi connectivity index (χ3v) is 5.93. The van der Waals surface area contributed by atoms with Gasteiger partial charge in [-0.15, -0.1) is 0 Å². The van der Waals surface area contributed by atoms with Crippen molar-refractivity contribution in [3.05, 3.63) is 29.8 Å². The van der Waals surface area contributed by atoms with Crippen LogP contribution in [0.1, 0.15) is 19.3 Å². The molecule has 4 rings (SSSR count). The highest BCUT2D eigenvalue weighted by Crippen LogP contribution is 2.59. The van der Waals surface area contributed by atoms with Gasteiger partial charge in [-0.25, -0.2) is 8.78 Å². The SMILES string of the molecule is O=C([C@@H]1CC12CCNCC2)N1CCN(c2cc(F)ccc2F)CC1. The van der Waals surface area contributed by atoms with E-state index in [-0.39, 0.29) is 17.2 Å². The van der Waals surface area contributed by atoms with E-state index in [9.17, 15) is 13.6 Å². The van der Waals surface area contributed by atoms with Crippen LogP contribution in [-0.4, -0.2) is 50.1 Å². The summed E-state index contributed by atoms with van der Waals surface area (Å²) in [5.74, 6) is -0.406. The Kier molecular flexibility index (Phi) is 3.95. The van der Waals surface area contributed by atoms with Crippen molar-refractivity contribution in [1.82, 2.24) is 10.2 Å². The number of nitrogens with one attached hydrogen (secondary N) is 1. The molecule has 2 saturated heterocycles. The van der Waals surface area contributed by atoms with Crippen molar-refractivity contribution in [3.8, 4) is 0 Å². The predicted molar refractivity (Wildman–Crippen MR) is 87.8 cm³/mol. The predicted octanol–water partition coefficient (Wildman–Crippen LogP) is 2.00. The minimum Gasteiger partial charge on any atom is -0.366 e. The molecule has 1 spiro atoms. The maximum atomic E-state index is 13.9. The van der Waals surface area contributed by atoms with Crippen molar-refractivity contribution in [1.29, 1.82) is 0 Å². The van der Waals surface area contributed by atoms with Gasteiger partial charge in [0.05, 0.1) is 5.69 Å². The molecule has 2 aliphatic heterocycles. The zero-order valence-corrected chi connectivity index (χ0v) is 13.7. The number of anilines is 1. The van der Waals surface area contributed by atoms with E-state index in [0.29, 0.717) is 31.9 Å². The van der Waals surface area contributed by atoms with Gasteiger partial charge in [0.1, 0.15) is 11.6 Å². The number of nitrogens with zero attached hydrogens (tertiary/aromatic N) is 2. The van der Waals surface area contributed by atoms with Crippen LogP contribution in [0.5, 0.6) is 0 Å². The average Bonchev–Trinajstić information content (AvgIpc) is 3.30. The Morgan fingerprint density at radius 3 is 2.54 bits per heavy atom. The lowest BCUT2D eigenvalue weighted by molar-refractivity contribution is -0.133. The van der Waals surface area contributed by atoms with Crippen molar-refractivity contribution >= 4 is 11.6 Å². The van der Waals surface area contributed by atoms with Gasteiger partial charge in [-0.3, -0.25) is 4.79 Å². The minimum absolute atomic E-state index is 0.178. The second kappa shape index (κ2) is 5.99. The van der Waals surface area contributed by atoms with Gasteiger partial charge in [0, 0.05) is 38.2 Å². The molecule has 0 aromatic heterocycles. The number of amides is 1. The number of halogens is 2. The molecule has 1 aliphatic carbocycles. The average molecular weight is 335 g/mol. The molecular formula is C18H23F2N3O. The number of rotatable bonds is 2. The molecule has 0 bridgehead atoms. The molecule has 1 saturated carbocycles. The third kappa shape index (κ3) is 2.77. The summed E-state index contributed by atoms with van der Waals surface area (Å²) in [6.45, 7) is 4.28. The summed E-state index contributed by atoms with van der Waals surface area (Å²) >= 11 is 0. The zero-order chi connectivity index (χ0) is 16.7. The Labute approximate surface area is 140 Å². The summed E-state index contributed by atoms with van der Waals surface area (Å²) in [4.78, 5) is 16.5. The molecule has 3 aliphatic rings. The molecule has 1 amide bonds.